The van der Waals surface area contributed by atoms with Gasteiger partial charge in [0.1, 0.15) is 5.82 Å². The highest BCUT2D eigenvalue weighted by Crippen LogP contribution is 2.33. The molecule has 1 aliphatic heterocycles. The van der Waals surface area contributed by atoms with E-state index in [1.165, 1.54) is 11.3 Å². The standard InChI is InChI=1S/C21H29N5O/c1-15-13-25(14-21(2,3)27)11-12-26(15)20-17-5-4-6-18(17)23-19(24-20)16-7-9-22-10-8-16/h7-10,15,27H,4-6,11-14H2,1-3H3. The maximum atomic E-state index is 10.1. The SMILES string of the molecule is CC1CN(CC(C)(C)O)CCN1c1nc(-c2ccncc2)nc2c1CCC2. The Balaban J connectivity index is 1.63. The van der Waals surface area contributed by atoms with Crippen molar-refractivity contribution in [1.29, 1.82) is 0 Å². The van der Waals surface area contributed by atoms with Gasteiger partial charge < -0.3 is 10.0 Å². The number of aryl methyl sites for hydroxylation is 1. The van der Waals surface area contributed by atoms with Crippen LogP contribution < -0.4 is 4.90 Å². The first-order valence-corrected chi connectivity index (χ1v) is 9.92. The summed E-state index contributed by atoms with van der Waals surface area (Å²) in [6, 6.07) is 4.31. The molecule has 27 heavy (non-hydrogen) atoms. The molecule has 1 saturated heterocycles. The minimum Gasteiger partial charge on any atom is -0.389 e. The number of nitrogens with zero attached hydrogens (tertiary/aromatic N) is 5. The van der Waals surface area contributed by atoms with E-state index in [9.17, 15) is 5.11 Å². The lowest BCUT2D eigenvalue weighted by Crippen LogP contribution is -2.55. The Kier molecular flexibility index (Phi) is 4.86. The summed E-state index contributed by atoms with van der Waals surface area (Å²) >= 11 is 0. The van der Waals surface area contributed by atoms with Crippen LogP contribution in [0, 0.1) is 0 Å². The van der Waals surface area contributed by atoms with Crippen molar-refractivity contribution in [2.45, 2.75) is 51.7 Å². The summed E-state index contributed by atoms with van der Waals surface area (Å²) in [7, 11) is 0. The molecular weight excluding hydrogens is 338 g/mol. The molecule has 144 valence electrons. The van der Waals surface area contributed by atoms with Crippen molar-refractivity contribution >= 4 is 5.82 Å². The lowest BCUT2D eigenvalue weighted by molar-refractivity contribution is 0.0307. The molecule has 0 amide bonds. The van der Waals surface area contributed by atoms with Crippen LogP contribution in [-0.4, -0.2) is 62.8 Å². The second kappa shape index (κ2) is 7.17. The number of aliphatic hydroxyl groups is 1. The molecular formula is C21H29N5O. The summed E-state index contributed by atoms with van der Waals surface area (Å²) in [5, 5.41) is 10.1. The number of piperazine rings is 1. The molecule has 0 saturated carbocycles. The molecule has 2 aromatic heterocycles. The zero-order chi connectivity index (χ0) is 19.0. The van der Waals surface area contributed by atoms with Crippen LogP contribution in [0.15, 0.2) is 24.5 Å². The molecule has 4 rings (SSSR count). The molecule has 0 bridgehead atoms. The topological polar surface area (TPSA) is 65.4 Å². The highest BCUT2D eigenvalue weighted by molar-refractivity contribution is 5.61. The Bertz CT molecular complexity index is 802. The molecule has 1 aliphatic carbocycles. The average Bonchev–Trinajstić information content (AvgIpc) is 3.09. The summed E-state index contributed by atoms with van der Waals surface area (Å²) in [6.07, 6.45) is 6.85. The number of fused-ring (bicyclic) bond motifs is 1. The maximum Gasteiger partial charge on any atom is 0.161 e. The number of β-amino-alcohol motifs (C(OH)–C–C–N with tert-alkyl or cyclic N) is 1. The molecule has 2 aromatic rings. The fourth-order valence-electron chi connectivity index (χ4n) is 4.32. The van der Waals surface area contributed by atoms with Crippen LogP contribution in [0.4, 0.5) is 5.82 Å². The quantitative estimate of drug-likeness (QED) is 0.895. The highest BCUT2D eigenvalue weighted by Gasteiger charge is 2.31. The van der Waals surface area contributed by atoms with Gasteiger partial charge in [-0.1, -0.05) is 0 Å². The average molecular weight is 367 g/mol. The summed E-state index contributed by atoms with van der Waals surface area (Å²) in [4.78, 5) is 18.8. The molecule has 1 fully saturated rings. The van der Waals surface area contributed by atoms with Gasteiger partial charge in [-0.05, 0) is 52.2 Å². The Morgan fingerprint density at radius 3 is 2.63 bits per heavy atom. The van der Waals surface area contributed by atoms with Gasteiger partial charge in [-0.15, -0.1) is 0 Å². The van der Waals surface area contributed by atoms with Gasteiger partial charge in [0.25, 0.3) is 0 Å². The van der Waals surface area contributed by atoms with Crippen molar-refractivity contribution in [3.05, 3.63) is 35.8 Å². The molecule has 0 aromatic carbocycles. The normalized spacial score (nSPS) is 20.7. The molecule has 0 radical (unpaired) electrons. The van der Waals surface area contributed by atoms with Gasteiger partial charge in [-0.2, -0.15) is 0 Å². The molecule has 6 heteroatoms. The largest absolute Gasteiger partial charge is 0.389 e. The lowest BCUT2D eigenvalue weighted by Gasteiger charge is -2.42. The zero-order valence-corrected chi connectivity index (χ0v) is 16.5. The van der Waals surface area contributed by atoms with Gasteiger partial charge in [0, 0.05) is 61.4 Å². The fourth-order valence-corrected chi connectivity index (χ4v) is 4.32. The zero-order valence-electron chi connectivity index (χ0n) is 16.5. The van der Waals surface area contributed by atoms with Crippen molar-refractivity contribution in [1.82, 2.24) is 19.9 Å². The van der Waals surface area contributed by atoms with Crippen LogP contribution in [-0.2, 0) is 12.8 Å². The lowest BCUT2D eigenvalue weighted by atomic mass is 10.1. The number of rotatable bonds is 4. The van der Waals surface area contributed by atoms with Crippen molar-refractivity contribution < 1.29 is 5.11 Å². The predicted octanol–water partition coefficient (Wildman–Crippen LogP) is 2.31. The van der Waals surface area contributed by atoms with Crippen LogP contribution in [0.25, 0.3) is 11.4 Å². The first kappa shape index (κ1) is 18.3. The predicted molar refractivity (Wildman–Crippen MR) is 107 cm³/mol. The van der Waals surface area contributed by atoms with Gasteiger partial charge >= 0.3 is 0 Å². The van der Waals surface area contributed by atoms with E-state index in [1.54, 1.807) is 12.4 Å². The van der Waals surface area contributed by atoms with Crippen molar-refractivity contribution in [3.8, 4) is 11.4 Å². The van der Waals surface area contributed by atoms with Gasteiger partial charge in [0.15, 0.2) is 5.82 Å². The molecule has 1 atom stereocenters. The summed E-state index contributed by atoms with van der Waals surface area (Å²) in [5.74, 6) is 1.92. The van der Waals surface area contributed by atoms with E-state index in [2.05, 4.69) is 21.7 Å². The number of aromatic nitrogens is 3. The van der Waals surface area contributed by atoms with E-state index in [-0.39, 0.29) is 0 Å². The Labute approximate surface area is 161 Å². The number of hydrogen-bond acceptors (Lipinski definition) is 6. The maximum absolute atomic E-state index is 10.1. The second-order valence-corrected chi connectivity index (χ2v) is 8.48. The van der Waals surface area contributed by atoms with Crippen LogP contribution in [0.2, 0.25) is 0 Å². The van der Waals surface area contributed by atoms with Gasteiger partial charge in [0.05, 0.1) is 5.60 Å². The summed E-state index contributed by atoms with van der Waals surface area (Å²) in [5.41, 5.74) is 2.90. The minimum absolute atomic E-state index is 0.353. The van der Waals surface area contributed by atoms with E-state index in [4.69, 9.17) is 9.97 Å². The molecule has 0 spiro atoms. The van der Waals surface area contributed by atoms with E-state index in [0.29, 0.717) is 12.6 Å². The van der Waals surface area contributed by atoms with Crippen LogP contribution >= 0.6 is 0 Å². The third kappa shape index (κ3) is 3.96. The van der Waals surface area contributed by atoms with Crippen molar-refractivity contribution in [2.75, 3.05) is 31.1 Å². The smallest absolute Gasteiger partial charge is 0.161 e. The molecule has 1 unspecified atom stereocenters. The molecule has 2 aliphatic rings. The molecule has 1 N–H and O–H groups in total. The highest BCUT2D eigenvalue weighted by atomic mass is 16.3. The Morgan fingerprint density at radius 2 is 1.93 bits per heavy atom. The third-order valence-electron chi connectivity index (χ3n) is 5.44. The van der Waals surface area contributed by atoms with E-state index in [1.807, 2.05) is 26.0 Å². The Morgan fingerprint density at radius 1 is 1.15 bits per heavy atom. The van der Waals surface area contributed by atoms with Gasteiger partial charge in [-0.25, -0.2) is 9.97 Å². The fraction of sp³-hybridized carbons (Fsp3) is 0.571. The van der Waals surface area contributed by atoms with E-state index >= 15 is 0 Å². The third-order valence-corrected chi connectivity index (χ3v) is 5.44. The van der Waals surface area contributed by atoms with E-state index < -0.39 is 5.60 Å². The second-order valence-electron chi connectivity index (χ2n) is 8.48. The first-order valence-electron chi connectivity index (χ1n) is 9.92. The number of anilines is 1. The Hall–Kier alpha value is -2.05. The van der Waals surface area contributed by atoms with Gasteiger partial charge in [-0.3, -0.25) is 9.88 Å². The minimum atomic E-state index is -0.660. The summed E-state index contributed by atoms with van der Waals surface area (Å²) in [6.45, 7) is 9.52. The van der Waals surface area contributed by atoms with E-state index in [0.717, 1.165) is 56.1 Å². The monoisotopic (exact) mass is 367 g/mol. The van der Waals surface area contributed by atoms with Crippen LogP contribution in [0.1, 0.15) is 38.4 Å². The number of hydrogen-bond donors (Lipinski definition) is 1. The van der Waals surface area contributed by atoms with Crippen molar-refractivity contribution in [2.24, 2.45) is 0 Å². The van der Waals surface area contributed by atoms with Crippen LogP contribution in [0.3, 0.4) is 0 Å². The molecule has 6 nitrogen and oxygen atoms in total. The molecule has 3 heterocycles. The van der Waals surface area contributed by atoms with Gasteiger partial charge in [0.2, 0.25) is 0 Å². The first-order chi connectivity index (χ1) is 12.9. The van der Waals surface area contributed by atoms with Crippen molar-refractivity contribution in [3.63, 3.8) is 0 Å². The van der Waals surface area contributed by atoms with Crippen LogP contribution in [0.5, 0.6) is 0 Å². The number of pyridine rings is 1. The summed E-state index contributed by atoms with van der Waals surface area (Å²) < 4.78 is 0.